The summed E-state index contributed by atoms with van der Waals surface area (Å²) >= 11 is 0. The van der Waals surface area contributed by atoms with E-state index in [4.69, 9.17) is 14.2 Å². The molecule has 0 radical (unpaired) electrons. The van der Waals surface area contributed by atoms with Crippen molar-refractivity contribution in [2.24, 2.45) is 0 Å². The minimum absolute atomic E-state index is 0.0399. The quantitative estimate of drug-likeness (QED) is 0.544. The normalized spacial score (nSPS) is 23.4. The molecule has 2 atom stereocenters. The molecule has 0 amide bonds. The molecule has 5 heterocycles. The maximum Gasteiger partial charge on any atom is 0.263 e. The number of hydrogen-bond donors (Lipinski definition) is 2. The first-order valence-corrected chi connectivity index (χ1v) is 11.5. The number of benzene rings is 1. The Bertz CT molecular complexity index is 1280. The first-order valence-electron chi connectivity index (χ1n) is 11.5. The number of hydrogen-bond acceptors (Lipinski definition) is 9. The zero-order chi connectivity index (χ0) is 24.9. The Labute approximate surface area is 203 Å². The predicted molar refractivity (Wildman–Crippen MR) is 122 cm³/mol. The highest BCUT2D eigenvalue weighted by molar-refractivity contribution is 5.77. The number of halogens is 3. The van der Waals surface area contributed by atoms with Gasteiger partial charge in [-0.05, 0) is 24.3 Å². The van der Waals surface area contributed by atoms with E-state index in [9.17, 15) is 18.3 Å². The number of aromatic hydroxyl groups is 1. The van der Waals surface area contributed by atoms with Gasteiger partial charge >= 0.3 is 0 Å². The summed E-state index contributed by atoms with van der Waals surface area (Å²) in [6, 6.07) is 8.99. The molecule has 6 rings (SSSR count). The second-order valence-electron chi connectivity index (χ2n) is 8.92. The average molecular weight is 501 g/mol. The van der Waals surface area contributed by atoms with Crippen LogP contribution in [0.15, 0.2) is 42.6 Å². The molecule has 0 aliphatic carbocycles. The molecule has 0 spiro atoms. The molecule has 3 aromatic rings. The Morgan fingerprint density at radius 3 is 2.75 bits per heavy atom. The fraction of sp³-hybridized carbons (Fsp3) is 0.375. The summed E-state index contributed by atoms with van der Waals surface area (Å²) in [5.41, 5.74) is -0.147. The van der Waals surface area contributed by atoms with Crippen molar-refractivity contribution in [3.63, 3.8) is 0 Å². The Balaban J connectivity index is 1.28. The molecule has 2 fully saturated rings. The van der Waals surface area contributed by atoms with Gasteiger partial charge in [-0.25, -0.2) is 18.2 Å². The molecule has 1 aromatic carbocycles. The van der Waals surface area contributed by atoms with Gasteiger partial charge in [0.25, 0.3) is 6.43 Å². The summed E-state index contributed by atoms with van der Waals surface area (Å²) in [6.07, 6.45) is -2.12. The van der Waals surface area contributed by atoms with Gasteiger partial charge in [0.2, 0.25) is 5.88 Å². The minimum Gasteiger partial charge on any atom is -0.504 e. The highest BCUT2D eigenvalue weighted by Gasteiger charge is 2.56. The van der Waals surface area contributed by atoms with E-state index in [0.29, 0.717) is 30.6 Å². The monoisotopic (exact) mass is 501 g/mol. The lowest BCUT2D eigenvalue weighted by molar-refractivity contribution is -0.0444. The van der Waals surface area contributed by atoms with Crippen molar-refractivity contribution in [3.8, 4) is 22.9 Å². The largest absolute Gasteiger partial charge is 0.504 e. The third-order valence-electron chi connectivity index (χ3n) is 6.74. The molecule has 9 nitrogen and oxygen atoms in total. The Hall–Kier alpha value is -3.64. The Kier molecular flexibility index (Phi) is 5.56. The molecule has 188 valence electrons. The molecule has 12 heteroatoms. The van der Waals surface area contributed by atoms with Crippen molar-refractivity contribution < 1.29 is 32.5 Å². The lowest BCUT2D eigenvalue weighted by atomic mass is 9.93. The van der Waals surface area contributed by atoms with E-state index in [-0.39, 0.29) is 30.8 Å². The van der Waals surface area contributed by atoms with Crippen LogP contribution in [0.5, 0.6) is 11.6 Å². The van der Waals surface area contributed by atoms with Crippen molar-refractivity contribution in [3.05, 3.63) is 54.0 Å². The smallest absolute Gasteiger partial charge is 0.263 e. The summed E-state index contributed by atoms with van der Waals surface area (Å²) in [4.78, 5) is 5.86. The van der Waals surface area contributed by atoms with E-state index in [1.807, 2.05) is 0 Å². The lowest BCUT2D eigenvalue weighted by Gasteiger charge is -2.43. The Morgan fingerprint density at radius 1 is 1.17 bits per heavy atom. The molecule has 2 N–H and O–H groups in total. The zero-order valence-corrected chi connectivity index (χ0v) is 18.9. The SMILES string of the molecule is Oc1c(F)cccc1-c1cc2c(nn1)NC[C@@]1(C(F)F)C[C@@H](Oc3ccc(C4OCCO4)cn3)CN21. The number of para-hydroxylation sites is 1. The van der Waals surface area contributed by atoms with Crippen LogP contribution in [-0.2, 0) is 9.47 Å². The van der Waals surface area contributed by atoms with E-state index in [0.717, 1.165) is 11.6 Å². The van der Waals surface area contributed by atoms with Crippen molar-refractivity contribution >= 4 is 11.5 Å². The van der Waals surface area contributed by atoms with Crippen molar-refractivity contribution in [1.29, 1.82) is 0 Å². The summed E-state index contributed by atoms with van der Waals surface area (Å²) < 4.78 is 59.9. The number of fused-ring (bicyclic) bond motifs is 3. The highest BCUT2D eigenvalue weighted by Crippen LogP contribution is 2.46. The summed E-state index contributed by atoms with van der Waals surface area (Å²) in [5, 5.41) is 21.3. The van der Waals surface area contributed by atoms with E-state index in [2.05, 4.69) is 20.5 Å². The molecule has 3 aliphatic heterocycles. The molecule has 3 aliphatic rings. The van der Waals surface area contributed by atoms with E-state index >= 15 is 0 Å². The van der Waals surface area contributed by atoms with E-state index in [1.165, 1.54) is 18.2 Å². The van der Waals surface area contributed by atoms with Gasteiger partial charge in [-0.3, -0.25) is 0 Å². The fourth-order valence-electron chi connectivity index (χ4n) is 4.95. The van der Waals surface area contributed by atoms with Gasteiger partial charge in [0.1, 0.15) is 11.6 Å². The van der Waals surface area contributed by atoms with Crippen molar-refractivity contribution in [2.75, 3.05) is 36.5 Å². The molecular formula is C24H22F3N5O4. The van der Waals surface area contributed by atoms with Crippen LogP contribution in [0.4, 0.5) is 24.7 Å². The van der Waals surface area contributed by atoms with Gasteiger partial charge < -0.3 is 29.5 Å². The van der Waals surface area contributed by atoms with Gasteiger partial charge in [-0.1, -0.05) is 6.07 Å². The van der Waals surface area contributed by atoms with Crippen LogP contribution >= 0.6 is 0 Å². The van der Waals surface area contributed by atoms with Crippen LogP contribution in [0, 0.1) is 5.82 Å². The van der Waals surface area contributed by atoms with Crippen LogP contribution in [-0.4, -0.2) is 64.7 Å². The number of rotatable bonds is 5. The minimum atomic E-state index is -2.70. The van der Waals surface area contributed by atoms with Crippen molar-refractivity contribution in [2.45, 2.75) is 30.8 Å². The van der Waals surface area contributed by atoms with Gasteiger partial charge in [-0.15, -0.1) is 10.2 Å². The van der Waals surface area contributed by atoms with Crippen LogP contribution in [0.3, 0.4) is 0 Å². The second kappa shape index (κ2) is 8.79. The molecule has 2 saturated heterocycles. The van der Waals surface area contributed by atoms with Gasteiger partial charge in [0.05, 0.1) is 31.1 Å². The summed E-state index contributed by atoms with van der Waals surface area (Å²) in [6.45, 7) is 1.12. The maximum atomic E-state index is 14.5. The number of alkyl halides is 2. The van der Waals surface area contributed by atoms with E-state index < -0.39 is 35.9 Å². The summed E-state index contributed by atoms with van der Waals surface area (Å²) in [5.74, 6) is -0.768. The number of anilines is 2. The van der Waals surface area contributed by atoms with Crippen LogP contribution in [0.25, 0.3) is 11.3 Å². The zero-order valence-electron chi connectivity index (χ0n) is 18.9. The maximum absolute atomic E-state index is 14.5. The molecule has 2 aromatic heterocycles. The number of ether oxygens (including phenoxy) is 3. The number of phenolic OH excluding ortho intramolecular Hbond substituents is 1. The number of pyridine rings is 1. The fourth-order valence-corrected chi connectivity index (χ4v) is 4.95. The van der Waals surface area contributed by atoms with Crippen LogP contribution < -0.4 is 15.0 Å². The number of nitrogens with one attached hydrogen (secondary N) is 1. The third-order valence-corrected chi connectivity index (χ3v) is 6.74. The number of phenols is 1. The molecular weight excluding hydrogens is 479 g/mol. The van der Waals surface area contributed by atoms with Gasteiger partial charge in [0, 0.05) is 36.4 Å². The lowest BCUT2D eigenvalue weighted by Crippen LogP contribution is -2.57. The van der Waals surface area contributed by atoms with Crippen LogP contribution in [0.1, 0.15) is 18.3 Å². The van der Waals surface area contributed by atoms with Crippen LogP contribution in [0.2, 0.25) is 0 Å². The second-order valence-corrected chi connectivity index (χ2v) is 8.92. The van der Waals surface area contributed by atoms with Gasteiger partial charge in [-0.2, -0.15) is 0 Å². The first kappa shape index (κ1) is 22.8. The van der Waals surface area contributed by atoms with E-state index in [1.54, 1.807) is 23.2 Å². The predicted octanol–water partition coefficient (Wildman–Crippen LogP) is 3.52. The molecule has 0 unspecified atom stereocenters. The van der Waals surface area contributed by atoms with Crippen molar-refractivity contribution in [1.82, 2.24) is 15.2 Å². The summed E-state index contributed by atoms with van der Waals surface area (Å²) in [7, 11) is 0. The molecule has 0 bridgehead atoms. The molecule has 36 heavy (non-hydrogen) atoms. The topological polar surface area (TPSA) is 102 Å². The number of nitrogens with zero attached hydrogens (tertiary/aromatic N) is 4. The average Bonchev–Trinajstić information content (AvgIpc) is 3.55. The third kappa shape index (κ3) is 3.77. The molecule has 0 saturated carbocycles. The standard InChI is InChI=1S/C24H22F3N5O4/c25-16-3-1-2-15(20(16)33)17-8-18-21(31-30-17)29-12-24(23(26)27)9-14(11-32(18)24)36-19-5-4-13(10-28-19)22-34-6-7-35-22/h1-5,8,10,14,22-23,33H,6-7,9,11-12H2,(H,29,31)/t14-,24-/m1/s1. The Morgan fingerprint density at radius 2 is 2.00 bits per heavy atom. The first-order chi connectivity index (χ1) is 17.4. The number of aromatic nitrogens is 3. The van der Waals surface area contributed by atoms with Gasteiger partial charge in [0.15, 0.2) is 23.7 Å². The highest BCUT2D eigenvalue weighted by atomic mass is 19.3.